The van der Waals surface area contributed by atoms with Gasteiger partial charge in [0.1, 0.15) is 0 Å². The Kier molecular flexibility index (Phi) is 6.62. The van der Waals surface area contributed by atoms with Gasteiger partial charge < -0.3 is 5.32 Å². The third-order valence-corrected chi connectivity index (χ3v) is 5.97. The van der Waals surface area contributed by atoms with Crippen LogP contribution in [0.15, 0.2) is 36.7 Å². The number of carbonyl (C=O) groups excluding carboxylic acids is 1. The van der Waals surface area contributed by atoms with Crippen LogP contribution in [0.2, 0.25) is 0 Å². The number of unbranched alkanes of at least 4 members (excludes halogenated alkanes) is 1. The van der Waals surface area contributed by atoms with E-state index in [1.165, 1.54) is 0 Å². The third-order valence-electron chi connectivity index (χ3n) is 5.97. The molecule has 0 saturated heterocycles. The number of hydrogen-bond acceptors (Lipinski definition) is 5. The van der Waals surface area contributed by atoms with Crippen LogP contribution in [0.1, 0.15) is 48.2 Å². The van der Waals surface area contributed by atoms with Gasteiger partial charge in [0, 0.05) is 31.1 Å². The molecule has 14 heteroatoms. The molecule has 1 amide bonds. The molecule has 2 aromatic heterocycles. The van der Waals surface area contributed by atoms with Gasteiger partial charge in [-0.1, -0.05) is 29.8 Å². The summed E-state index contributed by atoms with van der Waals surface area (Å²) in [6, 6.07) is 6.62. The number of rotatable bonds is 7. The molecule has 1 unspecified atom stereocenters. The minimum absolute atomic E-state index is 0.00721. The summed E-state index contributed by atoms with van der Waals surface area (Å²) in [6.45, 7) is 1.81. The van der Waals surface area contributed by atoms with Crippen LogP contribution in [0.5, 0.6) is 0 Å². The van der Waals surface area contributed by atoms with Crippen LogP contribution in [-0.2, 0) is 16.9 Å². The Balaban J connectivity index is 1.73. The molecule has 8 nitrogen and oxygen atoms in total. The summed E-state index contributed by atoms with van der Waals surface area (Å²) in [4.78, 5) is 13.2. The number of aromatic amines is 1. The zero-order valence-electron chi connectivity index (χ0n) is 18.9. The Morgan fingerprint density at radius 2 is 1.81 bits per heavy atom. The largest absolute Gasteiger partial charge is 0.416 e. The maximum absolute atomic E-state index is 14.7. The first kappa shape index (κ1) is 25.4. The van der Waals surface area contributed by atoms with Gasteiger partial charge in [0.25, 0.3) is 5.91 Å². The second kappa shape index (κ2) is 9.39. The highest BCUT2D eigenvalue weighted by atomic mass is 19.4. The van der Waals surface area contributed by atoms with E-state index in [0.29, 0.717) is 5.56 Å². The van der Waals surface area contributed by atoms with Crippen molar-refractivity contribution < 1.29 is 31.1 Å². The van der Waals surface area contributed by atoms with Gasteiger partial charge in [0.15, 0.2) is 5.54 Å². The first-order valence-corrected chi connectivity index (χ1v) is 10.9. The number of nitrogens with one attached hydrogen (secondary N) is 2. The Morgan fingerprint density at radius 1 is 1.08 bits per heavy atom. The zero-order valence-corrected chi connectivity index (χ0v) is 18.9. The molecule has 36 heavy (non-hydrogen) atoms. The molecule has 1 aliphatic heterocycles. The predicted molar refractivity (Wildman–Crippen MR) is 115 cm³/mol. The summed E-state index contributed by atoms with van der Waals surface area (Å²) in [5.74, 6) is -1.20. The molecule has 0 spiro atoms. The fourth-order valence-corrected chi connectivity index (χ4v) is 4.11. The Labute approximate surface area is 200 Å². The van der Waals surface area contributed by atoms with Crippen LogP contribution in [0.4, 0.5) is 26.3 Å². The van der Waals surface area contributed by atoms with Crippen molar-refractivity contribution >= 4 is 17.1 Å². The lowest BCUT2D eigenvalue weighted by atomic mass is 9.77. The lowest BCUT2D eigenvalue weighted by molar-refractivity contribution is -0.201. The minimum Gasteiger partial charge on any atom is -0.334 e. The van der Waals surface area contributed by atoms with Gasteiger partial charge in [-0.05, 0) is 36.1 Å². The molecule has 1 atom stereocenters. The number of aryl methyl sites for hydroxylation is 2. The van der Waals surface area contributed by atoms with Gasteiger partial charge in [0.05, 0.1) is 11.8 Å². The minimum atomic E-state index is -4.94. The summed E-state index contributed by atoms with van der Waals surface area (Å²) < 4.78 is 82.3. The molecule has 0 saturated carbocycles. The number of aromatic nitrogens is 6. The number of carbonyl (C=O) groups is 1. The number of halogens is 6. The zero-order chi connectivity index (χ0) is 26.1. The molecule has 3 heterocycles. The van der Waals surface area contributed by atoms with E-state index in [-0.39, 0.29) is 41.9 Å². The number of hydrogen-bond donors (Lipinski definition) is 2. The summed E-state index contributed by atoms with van der Waals surface area (Å²) in [5.41, 5.74) is -2.00. The summed E-state index contributed by atoms with van der Waals surface area (Å²) in [6.07, 6.45) is -8.96. The lowest BCUT2D eigenvalue weighted by Gasteiger charge is -2.40. The number of nitrogens with zero attached hydrogens (tertiary/aromatic N) is 5. The molecule has 2 N–H and O–H groups in total. The normalized spacial score (nSPS) is 19.0. The second-order valence-electron chi connectivity index (χ2n) is 8.55. The van der Waals surface area contributed by atoms with Gasteiger partial charge >= 0.3 is 12.4 Å². The summed E-state index contributed by atoms with van der Waals surface area (Å²) in [7, 11) is 0. The van der Waals surface area contributed by atoms with Crippen molar-refractivity contribution in [2.45, 2.75) is 57.0 Å². The van der Waals surface area contributed by atoms with E-state index >= 15 is 0 Å². The maximum atomic E-state index is 14.7. The fourth-order valence-electron chi connectivity index (χ4n) is 4.11. The van der Waals surface area contributed by atoms with Crippen LogP contribution in [0.25, 0.3) is 11.1 Å². The summed E-state index contributed by atoms with van der Waals surface area (Å²) >= 11 is 0. The highest BCUT2D eigenvalue weighted by Gasteiger charge is 2.60. The molecule has 0 bridgehead atoms. The van der Waals surface area contributed by atoms with Crippen LogP contribution >= 0.6 is 0 Å². The van der Waals surface area contributed by atoms with E-state index in [2.05, 4.69) is 31.0 Å². The quantitative estimate of drug-likeness (QED) is 0.362. The van der Waals surface area contributed by atoms with Crippen molar-refractivity contribution in [3.63, 3.8) is 0 Å². The topological polar surface area (TPSA) is 101 Å². The monoisotopic (exact) mass is 513 g/mol. The average molecular weight is 513 g/mol. The van der Waals surface area contributed by atoms with Crippen molar-refractivity contribution in [3.8, 4) is 0 Å². The molecule has 0 radical (unpaired) electrons. The van der Waals surface area contributed by atoms with E-state index < -0.39 is 36.6 Å². The molecule has 1 aromatic carbocycles. The van der Waals surface area contributed by atoms with Crippen molar-refractivity contribution in [3.05, 3.63) is 59.2 Å². The number of H-pyrrole nitrogens is 1. The fraction of sp³-hybridized carbons (Fsp3) is 0.409. The average Bonchev–Trinajstić information content (AvgIpc) is 3.48. The molecule has 4 rings (SSSR count). The van der Waals surface area contributed by atoms with Crippen molar-refractivity contribution in [2.24, 2.45) is 0 Å². The molecule has 192 valence electrons. The Hall–Kier alpha value is -3.71. The maximum Gasteiger partial charge on any atom is 0.416 e. The second-order valence-corrected chi connectivity index (χ2v) is 8.55. The van der Waals surface area contributed by atoms with Gasteiger partial charge in [-0.3, -0.25) is 9.48 Å². The van der Waals surface area contributed by atoms with Crippen molar-refractivity contribution in [1.82, 2.24) is 35.7 Å². The molecule has 0 fully saturated rings. The van der Waals surface area contributed by atoms with E-state index in [4.69, 9.17) is 0 Å². The lowest BCUT2D eigenvalue weighted by Crippen LogP contribution is -2.58. The molecule has 0 aliphatic carbocycles. The molecule has 3 aromatic rings. The van der Waals surface area contributed by atoms with Crippen molar-refractivity contribution in [2.75, 3.05) is 0 Å². The van der Waals surface area contributed by atoms with Gasteiger partial charge in [-0.15, -0.1) is 10.2 Å². The Morgan fingerprint density at radius 3 is 2.42 bits per heavy atom. The molecular weight excluding hydrogens is 492 g/mol. The third kappa shape index (κ3) is 5.11. The van der Waals surface area contributed by atoms with Crippen LogP contribution in [-0.4, -0.2) is 48.7 Å². The van der Waals surface area contributed by atoms with E-state index in [0.717, 1.165) is 22.6 Å². The van der Waals surface area contributed by atoms with Gasteiger partial charge in [-0.2, -0.15) is 36.7 Å². The van der Waals surface area contributed by atoms with Crippen LogP contribution in [0, 0.1) is 6.92 Å². The highest BCUT2D eigenvalue weighted by Crippen LogP contribution is 2.49. The number of alkyl halides is 6. The number of amides is 1. The first-order chi connectivity index (χ1) is 16.9. The Bertz CT molecular complexity index is 1250. The standard InChI is InChI=1S/C22H21F6N7O/c1-13-4-6-14(7-5-13)16-10-20(22(26,27)28,30-19(36)17(16)18-31-33-34-32-18)15-11-29-35(12-15)9-3-2-8-21(23,24)25/h4-7,11-12H,2-3,8-10H2,1H3,(H,30,36)(H,31,32,33,34). The van der Waals surface area contributed by atoms with E-state index in [9.17, 15) is 31.1 Å². The number of tetrazole rings is 1. The molecular formula is C22H21F6N7O. The smallest absolute Gasteiger partial charge is 0.334 e. The van der Waals surface area contributed by atoms with Gasteiger partial charge in [0.2, 0.25) is 5.82 Å². The molecule has 1 aliphatic rings. The van der Waals surface area contributed by atoms with E-state index in [1.807, 2.05) is 6.92 Å². The SMILES string of the molecule is Cc1ccc(C2=C(c3nn[nH]n3)C(=O)NC(c3cnn(CCCCC(F)(F)F)c3)(C(F)(F)F)C2)cc1. The predicted octanol–water partition coefficient (Wildman–Crippen LogP) is 4.33. The van der Waals surface area contributed by atoms with Crippen molar-refractivity contribution in [1.29, 1.82) is 0 Å². The highest BCUT2D eigenvalue weighted by molar-refractivity contribution is 6.27. The summed E-state index contributed by atoms with van der Waals surface area (Å²) in [5, 5.41) is 19.2. The number of benzene rings is 1. The van der Waals surface area contributed by atoms with Gasteiger partial charge in [-0.25, -0.2) is 0 Å². The van der Waals surface area contributed by atoms with Crippen LogP contribution < -0.4 is 5.32 Å². The van der Waals surface area contributed by atoms with Crippen LogP contribution in [0.3, 0.4) is 0 Å². The first-order valence-electron chi connectivity index (χ1n) is 10.9. The van der Waals surface area contributed by atoms with E-state index in [1.54, 1.807) is 24.3 Å².